The molecule has 0 aliphatic carbocycles. The second kappa shape index (κ2) is 11.2. The van der Waals surface area contributed by atoms with Crippen LogP contribution in [0.15, 0.2) is 40.0 Å². The zero-order valence-electron chi connectivity index (χ0n) is 15.7. The molecule has 0 spiro atoms. The lowest BCUT2D eigenvalue weighted by Crippen LogP contribution is -2.42. The standard InChI is InChI=1S/C18H28N4OS2.HI/c1-5-19-17(21-13-18(2,23)16-9-7-11-25-16)20-12-14(22(3)4)15-8-6-10-24-15;/h6-11,14,23H,5,12-13H2,1-4H3,(H2,19,20,21);1H. The lowest BCUT2D eigenvalue weighted by Gasteiger charge is -2.25. The Morgan fingerprint density at radius 2 is 1.92 bits per heavy atom. The van der Waals surface area contributed by atoms with Crippen LogP contribution in [0.25, 0.3) is 0 Å². The van der Waals surface area contributed by atoms with Gasteiger partial charge in [0.15, 0.2) is 5.96 Å². The third-order valence-electron chi connectivity index (χ3n) is 3.90. The Bertz CT molecular complexity index is 642. The van der Waals surface area contributed by atoms with Crippen LogP contribution in [0.5, 0.6) is 0 Å². The minimum Gasteiger partial charge on any atom is -0.383 e. The molecule has 2 aromatic heterocycles. The number of nitrogens with zero attached hydrogens (tertiary/aromatic N) is 2. The van der Waals surface area contributed by atoms with Crippen molar-refractivity contribution in [3.63, 3.8) is 0 Å². The summed E-state index contributed by atoms with van der Waals surface area (Å²) in [5, 5.41) is 21.4. The van der Waals surface area contributed by atoms with Gasteiger partial charge in [0.1, 0.15) is 5.60 Å². The van der Waals surface area contributed by atoms with Crippen molar-refractivity contribution >= 4 is 52.6 Å². The molecule has 0 aliphatic heterocycles. The molecule has 26 heavy (non-hydrogen) atoms. The van der Waals surface area contributed by atoms with E-state index in [1.165, 1.54) is 4.88 Å². The molecule has 0 amide bonds. The van der Waals surface area contributed by atoms with E-state index in [1.807, 2.05) is 24.4 Å². The van der Waals surface area contributed by atoms with Crippen LogP contribution in [-0.2, 0) is 5.60 Å². The van der Waals surface area contributed by atoms with Gasteiger partial charge in [-0.1, -0.05) is 12.1 Å². The number of nitrogens with one attached hydrogen (secondary N) is 2. The summed E-state index contributed by atoms with van der Waals surface area (Å²) in [5.74, 6) is 0.725. The van der Waals surface area contributed by atoms with E-state index >= 15 is 0 Å². The van der Waals surface area contributed by atoms with Gasteiger partial charge in [-0.2, -0.15) is 0 Å². The van der Waals surface area contributed by atoms with E-state index < -0.39 is 5.60 Å². The summed E-state index contributed by atoms with van der Waals surface area (Å²) >= 11 is 3.31. The monoisotopic (exact) mass is 508 g/mol. The fraction of sp³-hybridized carbons (Fsp3) is 0.500. The molecule has 0 aliphatic rings. The lowest BCUT2D eigenvalue weighted by molar-refractivity contribution is 0.0711. The van der Waals surface area contributed by atoms with Gasteiger partial charge in [-0.3, -0.25) is 0 Å². The first-order chi connectivity index (χ1) is 11.9. The summed E-state index contributed by atoms with van der Waals surface area (Å²) < 4.78 is 0. The molecule has 5 nitrogen and oxygen atoms in total. The number of aliphatic imine (C=N–C) groups is 1. The van der Waals surface area contributed by atoms with E-state index in [9.17, 15) is 5.11 Å². The first-order valence-corrected chi connectivity index (χ1v) is 10.2. The van der Waals surface area contributed by atoms with Gasteiger partial charge >= 0.3 is 0 Å². The Morgan fingerprint density at radius 1 is 1.23 bits per heavy atom. The Morgan fingerprint density at radius 3 is 2.46 bits per heavy atom. The number of aliphatic hydroxyl groups is 1. The Kier molecular flexibility index (Phi) is 10.1. The predicted molar refractivity (Wildman–Crippen MR) is 124 cm³/mol. The molecule has 0 bridgehead atoms. The van der Waals surface area contributed by atoms with Crippen molar-refractivity contribution in [2.24, 2.45) is 4.99 Å². The second-order valence-corrected chi connectivity index (χ2v) is 8.25. The van der Waals surface area contributed by atoms with Crippen LogP contribution in [0.1, 0.15) is 29.6 Å². The zero-order chi connectivity index (χ0) is 18.3. The number of likely N-dealkylation sites (N-methyl/N-ethyl adjacent to an activating group) is 1. The largest absolute Gasteiger partial charge is 0.383 e. The Labute approximate surface area is 181 Å². The van der Waals surface area contributed by atoms with Gasteiger partial charge in [0, 0.05) is 22.8 Å². The van der Waals surface area contributed by atoms with Gasteiger partial charge < -0.3 is 20.6 Å². The molecule has 2 atom stereocenters. The Hall–Kier alpha value is -0.680. The molecule has 0 aromatic carbocycles. The first-order valence-electron chi connectivity index (χ1n) is 8.42. The predicted octanol–water partition coefficient (Wildman–Crippen LogP) is 3.49. The van der Waals surface area contributed by atoms with E-state index in [0.717, 1.165) is 23.9 Å². The average Bonchev–Trinajstić information content (AvgIpc) is 3.26. The number of hydrogen-bond donors (Lipinski definition) is 3. The van der Waals surface area contributed by atoms with Crippen LogP contribution >= 0.6 is 46.7 Å². The minimum atomic E-state index is -0.953. The summed E-state index contributed by atoms with van der Waals surface area (Å²) in [7, 11) is 4.16. The molecule has 8 heteroatoms. The van der Waals surface area contributed by atoms with Crippen LogP contribution < -0.4 is 10.6 Å². The molecule has 0 saturated carbocycles. The van der Waals surface area contributed by atoms with Crippen LogP contribution in [0, 0.1) is 0 Å². The fourth-order valence-corrected chi connectivity index (χ4v) is 4.15. The van der Waals surface area contributed by atoms with Crippen LogP contribution in [0.2, 0.25) is 0 Å². The fourth-order valence-electron chi connectivity index (χ4n) is 2.45. The first kappa shape index (κ1) is 23.4. The molecule has 2 heterocycles. The van der Waals surface area contributed by atoms with Crippen molar-refractivity contribution in [3.8, 4) is 0 Å². The van der Waals surface area contributed by atoms with E-state index in [2.05, 4.69) is 52.1 Å². The SMILES string of the molecule is CCNC(=NCC(C)(O)c1cccs1)NCC(c1cccs1)N(C)C.I. The molecule has 0 fully saturated rings. The summed E-state index contributed by atoms with van der Waals surface area (Å²) in [4.78, 5) is 9.03. The third kappa shape index (κ3) is 6.80. The van der Waals surface area contributed by atoms with Gasteiger partial charge in [-0.05, 0) is 50.8 Å². The Balaban J connectivity index is 0.00000338. The minimum absolute atomic E-state index is 0. The summed E-state index contributed by atoms with van der Waals surface area (Å²) in [6.07, 6.45) is 0. The molecule has 3 N–H and O–H groups in total. The van der Waals surface area contributed by atoms with Crippen molar-refractivity contribution in [1.29, 1.82) is 0 Å². The average molecular weight is 508 g/mol. The molecule has 2 unspecified atom stereocenters. The normalized spacial score (nSPS) is 15.2. The molecule has 2 rings (SSSR count). The van der Waals surface area contributed by atoms with Crippen molar-refractivity contribution < 1.29 is 5.11 Å². The number of hydrogen-bond acceptors (Lipinski definition) is 5. The maximum absolute atomic E-state index is 10.6. The second-order valence-electron chi connectivity index (χ2n) is 6.32. The third-order valence-corrected chi connectivity index (χ3v) is 6.00. The quantitative estimate of drug-likeness (QED) is 0.290. The molecular weight excluding hydrogens is 479 g/mol. The van der Waals surface area contributed by atoms with E-state index in [4.69, 9.17) is 0 Å². The van der Waals surface area contributed by atoms with Gasteiger partial charge in [-0.15, -0.1) is 46.7 Å². The van der Waals surface area contributed by atoms with Crippen LogP contribution in [0.4, 0.5) is 0 Å². The van der Waals surface area contributed by atoms with E-state index in [0.29, 0.717) is 6.54 Å². The van der Waals surface area contributed by atoms with E-state index in [-0.39, 0.29) is 30.0 Å². The van der Waals surface area contributed by atoms with Gasteiger partial charge in [-0.25, -0.2) is 4.99 Å². The lowest BCUT2D eigenvalue weighted by atomic mass is 10.1. The highest BCUT2D eigenvalue weighted by molar-refractivity contribution is 14.0. The van der Waals surface area contributed by atoms with Crippen LogP contribution in [0.3, 0.4) is 0 Å². The van der Waals surface area contributed by atoms with Gasteiger partial charge in [0.25, 0.3) is 0 Å². The molecule has 2 aromatic rings. The molecule has 0 saturated heterocycles. The van der Waals surface area contributed by atoms with Gasteiger partial charge in [0.05, 0.1) is 12.6 Å². The topological polar surface area (TPSA) is 59.9 Å². The summed E-state index contributed by atoms with van der Waals surface area (Å²) in [6.45, 7) is 5.69. The molecular formula is C18H29IN4OS2. The van der Waals surface area contributed by atoms with Crippen molar-refractivity contribution in [2.75, 3.05) is 33.7 Å². The summed E-state index contributed by atoms with van der Waals surface area (Å²) in [6, 6.07) is 8.40. The maximum atomic E-state index is 10.6. The van der Waals surface area contributed by atoms with Crippen LogP contribution in [-0.4, -0.2) is 49.7 Å². The zero-order valence-corrected chi connectivity index (χ0v) is 19.7. The molecule has 0 radical (unpaired) electrons. The number of guanidine groups is 1. The highest BCUT2D eigenvalue weighted by Crippen LogP contribution is 2.25. The highest BCUT2D eigenvalue weighted by atomic mass is 127. The van der Waals surface area contributed by atoms with Gasteiger partial charge in [0.2, 0.25) is 0 Å². The maximum Gasteiger partial charge on any atom is 0.191 e. The van der Waals surface area contributed by atoms with Crippen molar-refractivity contribution in [1.82, 2.24) is 15.5 Å². The summed E-state index contributed by atoms with van der Waals surface area (Å²) in [5.41, 5.74) is -0.953. The van der Waals surface area contributed by atoms with E-state index in [1.54, 1.807) is 29.6 Å². The highest BCUT2D eigenvalue weighted by Gasteiger charge is 2.24. The van der Waals surface area contributed by atoms with Crippen molar-refractivity contribution in [2.45, 2.75) is 25.5 Å². The number of halogens is 1. The smallest absolute Gasteiger partial charge is 0.191 e. The molecule has 146 valence electrons. The number of thiophene rings is 2. The van der Waals surface area contributed by atoms with Crippen molar-refractivity contribution in [3.05, 3.63) is 44.8 Å². The number of rotatable bonds is 8.